The lowest BCUT2D eigenvalue weighted by Crippen LogP contribution is -2.30. The van der Waals surface area contributed by atoms with Crippen LogP contribution in [0.1, 0.15) is 34.8 Å². The number of piperidine rings is 1. The number of carbonyl (C=O) groups excluding carboxylic acids is 1. The number of likely N-dealkylation sites (tertiary alicyclic amines) is 1. The van der Waals surface area contributed by atoms with Crippen LogP contribution in [0, 0.1) is 17.7 Å². The molecule has 3 nitrogen and oxygen atoms in total. The Bertz CT molecular complexity index is 793. The van der Waals surface area contributed by atoms with Crippen LogP contribution in [0.2, 0.25) is 0 Å². The van der Waals surface area contributed by atoms with Crippen molar-refractivity contribution >= 4 is 5.91 Å². The van der Waals surface area contributed by atoms with E-state index >= 15 is 0 Å². The van der Waals surface area contributed by atoms with Crippen molar-refractivity contribution in [1.82, 2.24) is 4.90 Å². The molecule has 4 rings (SSSR count). The molecule has 2 aromatic carbocycles. The van der Waals surface area contributed by atoms with Crippen LogP contribution in [-0.2, 0) is 12.0 Å². The summed E-state index contributed by atoms with van der Waals surface area (Å²) >= 11 is 0. The monoisotopic (exact) mass is 338 g/mol. The number of hydrogen-bond acceptors (Lipinski definition) is 2. The minimum absolute atomic E-state index is 0.000508. The van der Waals surface area contributed by atoms with Gasteiger partial charge >= 0.3 is 0 Å². The molecular formula is C21H23FN2O. The van der Waals surface area contributed by atoms with Crippen molar-refractivity contribution < 1.29 is 9.18 Å². The number of primary amides is 1. The van der Waals surface area contributed by atoms with Gasteiger partial charge in [-0.15, -0.1) is 0 Å². The van der Waals surface area contributed by atoms with Gasteiger partial charge in [-0.3, -0.25) is 9.69 Å². The topological polar surface area (TPSA) is 46.3 Å². The molecule has 2 atom stereocenters. The van der Waals surface area contributed by atoms with Crippen LogP contribution >= 0.6 is 0 Å². The van der Waals surface area contributed by atoms with Gasteiger partial charge < -0.3 is 5.73 Å². The highest BCUT2D eigenvalue weighted by Gasteiger charge is 2.67. The van der Waals surface area contributed by atoms with E-state index in [4.69, 9.17) is 5.73 Å². The maximum atomic E-state index is 14.0. The first-order valence-electron chi connectivity index (χ1n) is 8.91. The molecule has 130 valence electrons. The van der Waals surface area contributed by atoms with E-state index in [1.54, 1.807) is 12.1 Å². The van der Waals surface area contributed by atoms with Crippen LogP contribution in [0.4, 0.5) is 4.39 Å². The van der Waals surface area contributed by atoms with Gasteiger partial charge in [-0.1, -0.05) is 37.3 Å². The number of amides is 1. The maximum Gasteiger partial charge on any atom is 0.248 e. The molecule has 1 aliphatic heterocycles. The number of nitrogens with two attached hydrogens (primary N) is 1. The number of nitrogens with zero attached hydrogens (tertiary/aromatic N) is 1. The number of hydrogen-bond donors (Lipinski definition) is 1. The third-order valence-corrected chi connectivity index (χ3v) is 6.16. The summed E-state index contributed by atoms with van der Waals surface area (Å²) in [5.41, 5.74) is 7.91. The summed E-state index contributed by atoms with van der Waals surface area (Å²) < 4.78 is 14.0. The Morgan fingerprint density at radius 1 is 1.20 bits per heavy atom. The van der Waals surface area contributed by atoms with Gasteiger partial charge in [0, 0.05) is 30.6 Å². The van der Waals surface area contributed by atoms with E-state index in [2.05, 4.69) is 36.1 Å². The SMILES string of the molecule is CCC1(c2cc(F)cc(C(N)=O)c2)C2CN(Cc3ccccc3)CC21. The molecule has 2 aliphatic rings. The highest BCUT2D eigenvalue weighted by molar-refractivity contribution is 5.93. The highest BCUT2D eigenvalue weighted by Crippen LogP contribution is 2.65. The zero-order chi connectivity index (χ0) is 17.6. The molecular weight excluding hydrogens is 315 g/mol. The first-order valence-corrected chi connectivity index (χ1v) is 8.91. The van der Waals surface area contributed by atoms with E-state index in [9.17, 15) is 9.18 Å². The van der Waals surface area contributed by atoms with Gasteiger partial charge in [-0.25, -0.2) is 4.39 Å². The molecule has 0 bridgehead atoms. The molecule has 2 fully saturated rings. The minimum atomic E-state index is -0.566. The van der Waals surface area contributed by atoms with Crippen molar-refractivity contribution in [1.29, 1.82) is 0 Å². The van der Waals surface area contributed by atoms with Gasteiger partial charge in [0.2, 0.25) is 5.91 Å². The first kappa shape index (κ1) is 16.3. The maximum absolute atomic E-state index is 14.0. The average Bonchev–Trinajstić information content (AvgIpc) is 2.99. The normalized spacial score (nSPS) is 27.9. The van der Waals surface area contributed by atoms with Crippen molar-refractivity contribution in [3.63, 3.8) is 0 Å². The Morgan fingerprint density at radius 2 is 1.88 bits per heavy atom. The van der Waals surface area contributed by atoms with E-state index in [1.807, 2.05) is 6.07 Å². The summed E-state index contributed by atoms with van der Waals surface area (Å²) in [4.78, 5) is 14.0. The summed E-state index contributed by atoms with van der Waals surface area (Å²) in [6.07, 6.45) is 0.961. The van der Waals surface area contributed by atoms with Crippen molar-refractivity contribution in [2.75, 3.05) is 13.1 Å². The van der Waals surface area contributed by atoms with E-state index in [0.29, 0.717) is 11.8 Å². The number of rotatable bonds is 5. The van der Waals surface area contributed by atoms with Gasteiger partial charge in [-0.05, 0) is 47.6 Å². The molecule has 2 aromatic rings. The summed E-state index contributed by atoms with van der Waals surface area (Å²) in [6.45, 7) is 5.17. The number of fused-ring (bicyclic) bond motifs is 1. The Labute approximate surface area is 147 Å². The zero-order valence-electron chi connectivity index (χ0n) is 14.4. The van der Waals surface area contributed by atoms with Gasteiger partial charge in [0.05, 0.1) is 0 Å². The standard InChI is InChI=1S/C21H23FN2O/c1-2-21(16-8-15(20(23)25)9-17(22)10-16)18-12-24(13-19(18)21)11-14-6-4-3-5-7-14/h3-10,18-19H,2,11-13H2,1H3,(H2,23,25). The fraction of sp³-hybridized carbons (Fsp3) is 0.381. The van der Waals surface area contributed by atoms with E-state index in [1.165, 1.54) is 11.6 Å². The molecule has 4 heteroatoms. The number of halogens is 1. The molecule has 1 saturated heterocycles. The Morgan fingerprint density at radius 3 is 2.48 bits per heavy atom. The minimum Gasteiger partial charge on any atom is -0.366 e. The molecule has 0 aromatic heterocycles. The molecule has 1 amide bonds. The summed E-state index contributed by atoms with van der Waals surface area (Å²) in [5.74, 6) is 0.126. The molecule has 1 aliphatic carbocycles. The Kier molecular flexibility index (Phi) is 3.88. The second-order valence-electron chi connectivity index (χ2n) is 7.38. The first-order chi connectivity index (χ1) is 12.0. The molecule has 25 heavy (non-hydrogen) atoms. The summed E-state index contributed by atoms with van der Waals surface area (Å²) in [7, 11) is 0. The average molecular weight is 338 g/mol. The molecule has 2 unspecified atom stereocenters. The molecule has 0 spiro atoms. The van der Waals surface area contributed by atoms with Crippen LogP contribution in [0.25, 0.3) is 0 Å². The quantitative estimate of drug-likeness (QED) is 0.909. The Balaban J connectivity index is 1.54. The van der Waals surface area contributed by atoms with Gasteiger partial charge in [0.25, 0.3) is 0 Å². The van der Waals surface area contributed by atoms with Crippen molar-refractivity contribution in [2.45, 2.75) is 25.3 Å². The summed E-state index contributed by atoms with van der Waals surface area (Å²) in [5, 5.41) is 0. The van der Waals surface area contributed by atoms with E-state index < -0.39 is 5.91 Å². The molecule has 1 saturated carbocycles. The Hall–Kier alpha value is -2.20. The van der Waals surface area contributed by atoms with Crippen LogP contribution in [0.3, 0.4) is 0 Å². The fourth-order valence-electron chi connectivity index (χ4n) is 4.94. The lowest BCUT2D eigenvalue weighted by Gasteiger charge is -2.27. The van der Waals surface area contributed by atoms with Crippen molar-refractivity contribution in [3.05, 3.63) is 71.0 Å². The van der Waals surface area contributed by atoms with Crippen LogP contribution in [-0.4, -0.2) is 23.9 Å². The largest absolute Gasteiger partial charge is 0.366 e. The van der Waals surface area contributed by atoms with Gasteiger partial charge in [0.15, 0.2) is 0 Å². The van der Waals surface area contributed by atoms with E-state index in [-0.39, 0.29) is 16.8 Å². The van der Waals surface area contributed by atoms with Gasteiger partial charge in [0.1, 0.15) is 5.82 Å². The van der Waals surface area contributed by atoms with Crippen molar-refractivity contribution in [2.24, 2.45) is 17.6 Å². The lowest BCUT2D eigenvalue weighted by atomic mass is 9.86. The smallest absolute Gasteiger partial charge is 0.248 e. The molecule has 0 radical (unpaired) electrons. The fourth-order valence-corrected chi connectivity index (χ4v) is 4.94. The highest BCUT2D eigenvalue weighted by atomic mass is 19.1. The predicted molar refractivity (Wildman–Crippen MR) is 95.6 cm³/mol. The third kappa shape index (κ3) is 2.65. The predicted octanol–water partition coefficient (Wildman–Crippen LogP) is 3.33. The number of carbonyl (C=O) groups is 1. The lowest BCUT2D eigenvalue weighted by molar-refractivity contribution is 0.0999. The van der Waals surface area contributed by atoms with Crippen LogP contribution in [0.5, 0.6) is 0 Å². The van der Waals surface area contributed by atoms with Crippen molar-refractivity contribution in [3.8, 4) is 0 Å². The number of benzene rings is 2. The molecule has 1 heterocycles. The summed E-state index contributed by atoms with van der Waals surface area (Å²) in [6, 6.07) is 15.1. The van der Waals surface area contributed by atoms with Crippen LogP contribution in [0.15, 0.2) is 48.5 Å². The second kappa shape index (κ2) is 5.95. The van der Waals surface area contributed by atoms with Gasteiger partial charge in [-0.2, -0.15) is 0 Å². The van der Waals surface area contributed by atoms with E-state index in [0.717, 1.165) is 31.6 Å². The zero-order valence-corrected chi connectivity index (χ0v) is 14.4. The second-order valence-corrected chi connectivity index (χ2v) is 7.38. The van der Waals surface area contributed by atoms with Crippen LogP contribution < -0.4 is 5.73 Å². The molecule has 2 N–H and O–H groups in total. The third-order valence-electron chi connectivity index (χ3n) is 6.16.